The van der Waals surface area contributed by atoms with Crippen molar-refractivity contribution >= 4 is 17.2 Å². The van der Waals surface area contributed by atoms with Crippen molar-refractivity contribution in [3.63, 3.8) is 0 Å². The smallest absolute Gasteiger partial charge is 0.253 e. The molecule has 0 aliphatic carbocycles. The van der Waals surface area contributed by atoms with Gasteiger partial charge < -0.3 is 5.32 Å². The first-order valence-electron chi connectivity index (χ1n) is 5.89. The van der Waals surface area contributed by atoms with Crippen molar-refractivity contribution in [2.24, 2.45) is 0 Å². The lowest BCUT2D eigenvalue weighted by molar-refractivity contribution is 0.0942. The summed E-state index contributed by atoms with van der Waals surface area (Å²) in [4.78, 5) is 16.4. The molecule has 0 bridgehead atoms. The standard InChI is InChI=1S/C14H16N2OS/c1-9(2)15-14(17)12-4-5-13(16-10(12)3)11-6-7-18-8-11/h4-9H,1-3H3,(H,15,17). The lowest BCUT2D eigenvalue weighted by Gasteiger charge is -2.10. The molecule has 1 N–H and O–H groups in total. The zero-order chi connectivity index (χ0) is 13.1. The summed E-state index contributed by atoms with van der Waals surface area (Å²) in [6.07, 6.45) is 0. The fourth-order valence-corrected chi connectivity index (χ4v) is 2.36. The van der Waals surface area contributed by atoms with Gasteiger partial charge in [0, 0.05) is 17.0 Å². The van der Waals surface area contributed by atoms with E-state index in [4.69, 9.17) is 0 Å². The first-order valence-corrected chi connectivity index (χ1v) is 6.83. The zero-order valence-corrected chi connectivity index (χ0v) is 11.5. The van der Waals surface area contributed by atoms with E-state index in [0.29, 0.717) is 5.56 Å². The number of nitrogens with one attached hydrogen (secondary N) is 1. The number of rotatable bonds is 3. The van der Waals surface area contributed by atoms with E-state index < -0.39 is 0 Å². The maximum Gasteiger partial charge on any atom is 0.253 e. The number of nitrogens with zero attached hydrogens (tertiary/aromatic N) is 1. The third-order valence-corrected chi connectivity index (χ3v) is 3.25. The molecule has 0 fully saturated rings. The summed E-state index contributed by atoms with van der Waals surface area (Å²) in [7, 11) is 0. The Hall–Kier alpha value is -1.68. The molecule has 2 aromatic heterocycles. The summed E-state index contributed by atoms with van der Waals surface area (Å²) < 4.78 is 0. The van der Waals surface area contributed by atoms with Gasteiger partial charge in [-0.2, -0.15) is 11.3 Å². The van der Waals surface area contributed by atoms with E-state index >= 15 is 0 Å². The van der Waals surface area contributed by atoms with Crippen molar-refractivity contribution in [2.45, 2.75) is 26.8 Å². The molecule has 0 aliphatic heterocycles. The summed E-state index contributed by atoms with van der Waals surface area (Å²) in [6.45, 7) is 5.76. The van der Waals surface area contributed by atoms with Crippen LogP contribution in [0.25, 0.3) is 11.3 Å². The van der Waals surface area contributed by atoms with Crippen LogP contribution in [0.5, 0.6) is 0 Å². The summed E-state index contributed by atoms with van der Waals surface area (Å²) in [6, 6.07) is 5.89. The first-order chi connectivity index (χ1) is 8.58. The molecular weight excluding hydrogens is 244 g/mol. The number of carbonyl (C=O) groups is 1. The maximum atomic E-state index is 11.9. The molecular formula is C14H16N2OS. The highest BCUT2D eigenvalue weighted by molar-refractivity contribution is 7.08. The number of aromatic nitrogens is 1. The van der Waals surface area contributed by atoms with Gasteiger partial charge in [0.25, 0.3) is 5.91 Å². The molecule has 3 nitrogen and oxygen atoms in total. The Morgan fingerprint density at radius 2 is 2.11 bits per heavy atom. The van der Waals surface area contributed by atoms with Crippen molar-refractivity contribution in [2.75, 3.05) is 0 Å². The summed E-state index contributed by atoms with van der Waals surface area (Å²) in [5.41, 5.74) is 3.41. The molecule has 0 radical (unpaired) electrons. The number of hydrogen-bond donors (Lipinski definition) is 1. The molecule has 2 rings (SSSR count). The molecule has 18 heavy (non-hydrogen) atoms. The quantitative estimate of drug-likeness (QED) is 0.920. The second-order valence-electron chi connectivity index (χ2n) is 4.47. The molecule has 4 heteroatoms. The number of carbonyl (C=O) groups excluding carboxylic acids is 1. The Balaban J connectivity index is 2.28. The molecule has 0 spiro atoms. The molecule has 2 heterocycles. The normalized spacial score (nSPS) is 10.7. The molecule has 1 amide bonds. The molecule has 0 unspecified atom stereocenters. The zero-order valence-electron chi connectivity index (χ0n) is 10.7. The van der Waals surface area contributed by atoms with E-state index in [1.807, 2.05) is 44.4 Å². The minimum absolute atomic E-state index is 0.0631. The van der Waals surface area contributed by atoms with Crippen LogP contribution in [0, 0.1) is 6.92 Å². The van der Waals surface area contributed by atoms with Crippen molar-refractivity contribution in [3.05, 3.63) is 40.2 Å². The molecule has 0 saturated heterocycles. The second kappa shape index (κ2) is 5.31. The van der Waals surface area contributed by atoms with Crippen molar-refractivity contribution in [1.29, 1.82) is 0 Å². The van der Waals surface area contributed by atoms with Crippen molar-refractivity contribution in [1.82, 2.24) is 10.3 Å². The van der Waals surface area contributed by atoms with Gasteiger partial charge in [0.1, 0.15) is 0 Å². The van der Waals surface area contributed by atoms with E-state index in [2.05, 4.69) is 15.7 Å². The van der Waals surface area contributed by atoms with Crippen LogP contribution in [0.1, 0.15) is 29.9 Å². The predicted octanol–water partition coefficient (Wildman–Crippen LogP) is 3.26. The lowest BCUT2D eigenvalue weighted by atomic mass is 10.1. The fraction of sp³-hybridized carbons (Fsp3) is 0.286. The van der Waals surface area contributed by atoms with Gasteiger partial charge in [-0.3, -0.25) is 9.78 Å². The summed E-state index contributed by atoms with van der Waals surface area (Å²) in [5.74, 6) is -0.0631. The maximum absolute atomic E-state index is 11.9. The van der Waals surface area contributed by atoms with Crippen LogP contribution in [-0.4, -0.2) is 16.9 Å². The Morgan fingerprint density at radius 1 is 1.33 bits per heavy atom. The highest BCUT2D eigenvalue weighted by Gasteiger charge is 2.12. The van der Waals surface area contributed by atoms with Gasteiger partial charge in [-0.25, -0.2) is 0 Å². The SMILES string of the molecule is Cc1nc(-c2ccsc2)ccc1C(=O)NC(C)C. The number of thiophene rings is 1. The average molecular weight is 260 g/mol. The van der Waals surface area contributed by atoms with Gasteiger partial charge in [0.2, 0.25) is 0 Å². The van der Waals surface area contributed by atoms with Gasteiger partial charge in [0.05, 0.1) is 17.0 Å². The van der Waals surface area contributed by atoms with Crippen molar-refractivity contribution < 1.29 is 4.79 Å². The van der Waals surface area contributed by atoms with Crippen LogP contribution in [0.2, 0.25) is 0 Å². The second-order valence-corrected chi connectivity index (χ2v) is 5.25. The predicted molar refractivity (Wildman–Crippen MR) is 74.9 cm³/mol. The Bertz CT molecular complexity index is 547. The third-order valence-electron chi connectivity index (χ3n) is 2.57. The Labute approximate surface area is 111 Å². The molecule has 2 aromatic rings. The topological polar surface area (TPSA) is 42.0 Å². The van der Waals surface area contributed by atoms with E-state index in [1.54, 1.807) is 11.3 Å². The van der Waals surface area contributed by atoms with Gasteiger partial charge >= 0.3 is 0 Å². The molecule has 0 atom stereocenters. The van der Waals surface area contributed by atoms with Crippen LogP contribution < -0.4 is 5.32 Å². The van der Waals surface area contributed by atoms with Gasteiger partial charge in [-0.15, -0.1) is 0 Å². The fourth-order valence-electron chi connectivity index (χ4n) is 1.71. The van der Waals surface area contributed by atoms with Crippen molar-refractivity contribution in [3.8, 4) is 11.3 Å². The van der Waals surface area contributed by atoms with Crippen LogP contribution in [0.3, 0.4) is 0 Å². The highest BCUT2D eigenvalue weighted by Crippen LogP contribution is 2.21. The highest BCUT2D eigenvalue weighted by atomic mass is 32.1. The van der Waals surface area contributed by atoms with Crippen LogP contribution in [0.4, 0.5) is 0 Å². The largest absolute Gasteiger partial charge is 0.350 e. The van der Waals surface area contributed by atoms with Gasteiger partial charge in [-0.05, 0) is 44.4 Å². The van der Waals surface area contributed by atoms with E-state index in [1.165, 1.54) is 0 Å². The van der Waals surface area contributed by atoms with Crippen LogP contribution >= 0.6 is 11.3 Å². The molecule has 94 valence electrons. The first kappa shape index (κ1) is 12.8. The average Bonchev–Trinajstić information content (AvgIpc) is 2.80. The summed E-state index contributed by atoms with van der Waals surface area (Å²) >= 11 is 1.64. The van der Waals surface area contributed by atoms with Gasteiger partial charge in [0.15, 0.2) is 0 Å². The van der Waals surface area contributed by atoms with Crippen LogP contribution in [0.15, 0.2) is 29.0 Å². The molecule has 0 aliphatic rings. The third kappa shape index (κ3) is 2.76. The van der Waals surface area contributed by atoms with Crippen LogP contribution in [-0.2, 0) is 0 Å². The van der Waals surface area contributed by atoms with E-state index in [0.717, 1.165) is 17.0 Å². The minimum Gasteiger partial charge on any atom is -0.350 e. The minimum atomic E-state index is -0.0631. The molecule has 0 aromatic carbocycles. The molecule has 0 saturated carbocycles. The Kier molecular flexibility index (Phi) is 3.77. The number of amides is 1. The number of hydrogen-bond acceptors (Lipinski definition) is 3. The lowest BCUT2D eigenvalue weighted by Crippen LogP contribution is -2.30. The van der Waals surface area contributed by atoms with E-state index in [9.17, 15) is 4.79 Å². The Morgan fingerprint density at radius 3 is 2.67 bits per heavy atom. The number of pyridine rings is 1. The number of aryl methyl sites for hydroxylation is 1. The van der Waals surface area contributed by atoms with Gasteiger partial charge in [-0.1, -0.05) is 0 Å². The monoisotopic (exact) mass is 260 g/mol. The summed E-state index contributed by atoms with van der Waals surface area (Å²) in [5, 5.41) is 6.95. The van der Waals surface area contributed by atoms with E-state index in [-0.39, 0.29) is 11.9 Å².